The highest BCUT2D eigenvalue weighted by molar-refractivity contribution is 14.1. The number of hydrogen-bond acceptors (Lipinski definition) is 3. The molecule has 2 aromatic rings. The summed E-state index contributed by atoms with van der Waals surface area (Å²) in [6.45, 7) is 1.70. The number of carbonyl (C=O) groups is 3. The number of likely N-dealkylation sites (N-methyl/N-ethyl adjacent to an activating group) is 1. The summed E-state index contributed by atoms with van der Waals surface area (Å²) in [6.07, 6.45) is 0. The molecule has 2 aromatic carbocycles. The summed E-state index contributed by atoms with van der Waals surface area (Å²) in [5.74, 6) is -0.960. The van der Waals surface area contributed by atoms with Crippen molar-refractivity contribution < 1.29 is 14.4 Å². The topological polar surface area (TPSA) is 78.5 Å². The van der Waals surface area contributed by atoms with Crippen molar-refractivity contribution in [1.29, 1.82) is 0 Å². The van der Waals surface area contributed by atoms with E-state index in [9.17, 15) is 14.4 Å². The lowest BCUT2D eigenvalue weighted by Gasteiger charge is -2.17. The lowest BCUT2D eigenvalue weighted by molar-refractivity contribution is -0.132. The summed E-state index contributed by atoms with van der Waals surface area (Å²) in [5.41, 5.74) is 2.29. The van der Waals surface area contributed by atoms with Gasteiger partial charge in [-0.15, -0.1) is 0 Å². The van der Waals surface area contributed by atoms with Gasteiger partial charge in [-0.1, -0.05) is 29.8 Å². The molecule has 0 aliphatic heterocycles. The lowest BCUT2D eigenvalue weighted by atomic mass is 10.2. The molecule has 7 heteroatoms. The van der Waals surface area contributed by atoms with Crippen molar-refractivity contribution in [3.05, 3.63) is 63.2 Å². The van der Waals surface area contributed by atoms with E-state index < -0.39 is 0 Å². The van der Waals surface area contributed by atoms with Crippen LogP contribution in [-0.2, 0) is 9.59 Å². The minimum atomic E-state index is -0.344. The smallest absolute Gasteiger partial charge is 0.252 e. The number of hydrogen-bond donors (Lipinski definition) is 2. The van der Waals surface area contributed by atoms with Crippen LogP contribution in [0.3, 0.4) is 0 Å². The fraction of sp³-hybridized carbons (Fsp3) is 0.211. The molecule has 0 aromatic heterocycles. The largest absolute Gasteiger partial charge is 0.343 e. The number of nitrogens with one attached hydrogen (secondary N) is 2. The fourth-order valence-electron chi connectivity index (χ4n) is 2.17. The number of benzene rings is 2. The van der Waals surface area contributed by atoms with Crippen LogP contribution in [0.2, 0.25) is 0 Å². The molecular weight excluding hydrogens is 445 g/mol. The predicted octanol–water partition coefficient (Wildman–Crippen LogP) is 2.43. The highest BCUT2D eigenvalue weighted by Crippen LogP contribution is 2.11. The summed E-state index contributed by atoms with van der Waals surface area (Å²) in [4.78, 5) is 37.5. The van der Waals surface area contributed by atoms with Gasteiger partial charge < -0.3 is 15.5 Å². The van der Waals surface area contributed by atoms with Crippen molar-refractivity contribution in [1.82, 2.24) is 10.2 Å². The molecule has 136 valence electrons. The molecule has 3 amide bonds. The first-order valence-corrected chi connectivity index (χ1v) is 9.08. The van der Waals surface area contributed by atoms with Gasteiger partial charge in [0.05, 0.1) is 18.7 Å². The van der Waals surface area contributed by atoms with Gasteiger partial charge in [0.15, 0.2) is 0 Å². The number of carbonyl (C=O) groups excluding carboxylic acids is 3. The lowest BCUT2D eigenvalue weighted by Crippen LogP contribution is -2.41. The van der Waals surface area contributed by atoms with Gasteiger partial charge in [0, 0.05) is 16.3 Å². The van der Waals surface area contributed by atoms with Crippen LogP contribution in [0, 0.1) is 10.5 Å². The summed E-state index contributed by atoms with van der Waals surface area (Å²) in [5, 5.41) is 5.31. The molecule has 0 unspecified atom stereocenters. The van der Waals surface area contributed by atoms with E-state index in [4.69, 9.17) is 0 Å². The average molecular weight is 465 g/mol. The Morgan fingerprint density at radius 1 is 1.04 bits per heavy atom. The first kappa shape index (κ1) is 19.9. The van der Waals surface area contributed by atoms with Gasteiger partial charge in [-0.2, -0.15) is 0 Å². The third-order valence-electron chi connectivity index (χ3n) is 3.66. The quantitative estimate of drug-likeness (QED) is 0.644. The van der Waals surface area contributed by atoms with Crippen LogP contribution in [0.1, 0.15) is 15.9 Å². The molecule has 0 saturated heterocycles. The maximum absolute atomic E-state index is 12.1. The molecular formula is C19H20IN3O3. The molecule has 0 heterocycles. The normalized spacial score (nSPS) is 10.1. The first-order chi connectivity index (χ1) is 12.4. The van der Waals surface area contributed by atoms with Crippen LogP contribution in [0.5, 0.6) is 0 Å². The van der Waals surface area contributed by atoms with Crippen molar-refractivity contribution in [2.75, 3.05) is 25.5 Å². The number of amides is 3. The molecule has 26 heavy (non-hydrogen) atoms. The zero-order valence-electron chi connectivity index (χ0n) is 14.6. The molecule has 0 fully saturated rings. The molecule has 6 nitrogen and oxygen atoms in total. The highest BCUT2D eigenvalue weighted by Gasteiger charge is 2.15. The second-order valence-electron chi connectivity index (χ2n) is 5.83. The van der Waals surface area contributed by atoms with Crippen LogP contribution >= 0.6 is 22.6 Å². The third-order valence-corrected chi connectivity index (χ3v) is 4.60. The summed E-state index contributed by atoms with van der Waals surface area (Å²) in [7, 11) is 1.52. The summed E-state index contributed by atoms with van der Waals surface area (Å²) < 4.78 is 0.806. The van der Waals surface area contributed by atoms with E-state index in [1.54, 1.807) is 24.3 Å². The Bertz CT molecular complexity index is 806. The molecule has 0 saturated carbocycles. The highest BCUT2D eigenvalue weighted by atomic mass is 127. The maximum Gasteiger partial charge on any atom is 0.252 e. The number of anilines is 1. The predicted molar refractivity (Wildman–Crippen MR) is 109 cm³/mol. The number of aryl methyl sites for hydroxylation is 1. The van der Waals surface area contributed by atoms with E-state index >= 15 is 0 Å². The van der Waals surface area contributed by atoms with Crippen LogP contribution in [0.15, 0.2) is 48.5 Å². The van der Waals surface area contributed by atoms with Crippen molar-refractivity contribution in [2.45, 2.75) is 6.92 Å². The van der Waals surface area contributed by atoms with Crippen LogP contribution in [0.25, 0.3) is 0 Å². The second-order valence-corrected chi connectivity index (χ2v) is 6.99. The van der Waals surface area contributed by atoms with Crippen LogP contribution < -0.4 is 10.6 Å². The molecule has 0 aliphatic carbocycles. The Morgan fingerprint density at radius 2 is 1.69 bits per heavy atom. The van der Waals surface area contributed by atoms with E-state index in [1.807, 2.05) is 31.2 Å². The van der Waals surface area contributed by atoms with Gasteiger partial charge in [-0.3, -0.25) is 14.4 Å². The molecule has 0 bridgehead atoms. The minimum Gasteiger partial charge on any atom is -0.343 e. The van der Waals surface area contributed by atoms with Gasteiger partial charge in [0.25, 0.3) is 5.91 Å². The van der Waals surface area contributed by atoms with E-state index in [0.717, 1.165) is 9.13 Å². The van der Waals surface area contributed by atoms with Gasteiger partial charge in [-0.05, 0) is 53.8 Å². The zero-order chi connectivity index (χ0) is 19.1. The van der Waals surface area contributed by atoms with Gasteiger partial charge in [-0.25, -0.2) is 0 Å². The molecule has 2 rings (SSSR count). The van der Waals surface area contributed by atoms with Crippen LogP contribution in [0.4, 0.5) is 5.69 Å². The number of rotatable bonds is 6. The van der Waals surface area contributed by atoms with Gasteiger partial charge >= 0.3 is 0 Å². The van der Waals surface area contributed by atoms with E-state index in [-0.39, 0.29) is 30.8 Å². The molecule has 0 spiro atoms. The van der Waals surface area contributed by atoms with Gasteiger partial charge in [0.2, 0.25) is 11.8 Å². The van der Waals surface area contributed by atoms with E-state index in [1.165, 1.54) is 11.9 Å². The molecule has 2 N–H and O–H groups in total. The standard InChI is InChI=1S/C19H20IN3O3/c1-13-7-9-14(10-8-13)22-17(24)12-23(2)18(25)11-21-19(26)15-5-3-4-6-16(15)20/h3-10H,11-12H2,1-2H3,(H,21,26)(H,22,24). The SMILES string of the molecule is Cc1ccc(NC(=O)CN(C)C(=O)CNC(=O)c2ccccc2I)cc1. The summed E-state index contributed by atoms with van der Waals surface area (Å²) in [6, 6.07) is 14.5. The van der Waals surface area contributed by atoms with E-state index in [2.05, 4.69) is 33.2 Å². The zero-order valence-corrected chi connectivity index (χ0v) is 16.7. The second kappa shape index (κ2) is 9.33. The minimum absolute atomic E-state index is 0.0918. The monoisotopic (exact) mass is 465 g/mol. The fourth-order valence-corrected chi connectivity index (χ4v) is 2.80. The van der Waals surface area contributed by atoms with E-state index in [0.29, 0.717) is 11.3 Å². The average Bonchev–Trinajstić information content (AvgIpc) is 2.61. The Hall–Kier alpha value is -2.42. The Balaban J connectivity index is 1.81. The van der Waals surface area contributed by atoms with Gasteiger partial charge in [0.1, 0.15) is 0 Å². The Morgan fingerprint density at radius 3 is 2.35 bits per heavy atom. The molecule has 0 aliphatic rings. The van der Waals surface area contributed by atoms with Crippen molar-refractivity contribution in [3.8, 4) is 0 Å². The number of halogens is 1. The van der Waals surface area contributed by atoms with Crippen molar-refractivity contribution >= 4 is 46.0 Å². The molecule has 0 atom stereocenters. The van der Waals surface area contributed by atoms with Crippen LogP contribution in [-0.4, -0.2) is 42.8 Å². The first-order valence-electron chi connectivity index (χ1n) is 8.00. The van der Waals surface area contributed by atoms with Crippen molar-refractivity contribution in [3.63, 3.8) is 0 Å². The molecule has 0 radical (unpaired) electrons. The third kappa shape index (κ3) is 5.83. The maximum atomic E-state index is 12.1. The Labute approximate surface area is 166 Å². The van der Waals surface area contributed by atoms with Crippen molar-refractivity contribution in [2.24, 2.45) is 0 Å². The summed E-state index contributed by atoms with van der Waals surface area (Å²) >= 11 is 2.07. The number of nitrogens with zero attached hydrogens (tertiary/aromatic N) is 1. The Kier molecular flexibility index (Phi) is 7.14.